The summed E-state index contributed by atoms with van der Waals surface area (Å²) in [6.07, 6.45) is -4.40. The van der Waals surface area contributed by atoms with Crippen LogP contribution < -0.4 is 0 Å². The predicted molar refractivity (Wildman–Crippen MR) is 81.3 cm³/mol. The van der Waals surface area contributed by atoms with Crippen LogP contribution in [0, 0.1) is 5.82 Å². The molecule has 0 unspecified atom stereocenters. The van der Waals surface area contributed by atoms with E-state index in [2.05, 4.69) is 15.9 Å². The van der Waals surface area contributed by atoms with Gasteiger partial charge in [-0.25, -0.2) is 4.39 Å². The minimum Gasteiger partial charge on any atom is -0.337 e. The molecule has 0 aliphatic rings. The lowest BCUT2D eigenvalue weighted by Gasteiger charge is -2.18. The molecule has 0 spiro atoms. The molecular formula is C16H12BrF4NO. The summed E-state index contributed by atoms with van der Waals surface area (Å²) in [5.74, 6) is -1.21. The second-order valence-electron chi connectivity index (χ2n) is 4.98. The zero-order valence-corrected chi connectivity index (χ0v) is 13.6. The number of carbonyl (C=O) groups is 1. The lowest BCUT2D eigenvalue weighted by Crippen LogP contribution is -2.27. The Balaban J connectivity index is 2.12. The van der Waals surface area contributed by atoms with Crippen LogP contribution in [-0.2, 0) is 12.7 Å². The van der Waals surface area contributed by atoms with Gasteiger partial charge in [-0.2, -0.15) is 13.2 Å². The van der Waals surface area contributed by atoms with Crippen molar-refractivity contribution in [1.29, 1.82) is 0 Å². The van der Waals surface area contributed by atoms with Crippen molar-refractivity contribution in [2.24, 2.45) is 0 Å². The number of halogens is 5. The van der Waals surface area contributed by atoms with Crippen LogP contribution >= 0.6 is 15.9 Å². The first kappa shape index (κ1) is 17.5. The number of hydrogen-bond donors (Lipinski definition) is 0. The normalized spacial score (nSPS) is 11.4. The van der Waals surface area contributed by atoms with Crippen LogP contribution in [0.2, 0.25) is 0 Å². The fourth-order valence-corrected chi connectivity index (χ4v) is 2.35. The van der Waals surface area contributed by atoms with Crippen molar-refractivity contribution in [3.8, 4) is 0 Å². The highest BCUT2D eigenvalue weighted by Gasteiger charge is 2.30. The summed E-state index contributed by atoms with van der Waals surface area (Å²) in [5.41, 5.74) is -0.330. The van der Waals surface area contributed by atoms with E-state index in [0.29, 0.717) is 10.0 Å². The van der Waals surface area contributed by atoms with Gasteiger partial charge in [-0.3, -0.25) is 4.79 Å². The third-order valence-corrected chi connectivity index (χ3v) is 3.70. The van der Waals surface area contributed by atoms with E-state index >= 15 is 0 Å². The number of carbonyl (C=O) groups excluding carboxylic acids is 1. The lowest BCUT2D eigenvalue weighted by atomic mass is 10.1. The average Bonchev–Trinajstić information content (AvgIpc) is 2.46. The molecule has 122 valence electrons. The van der Waals surface area contributed by atoms with Crippen LogP contribution in [0.25, 0.3) is 0 Å². The third-order valence-electron chi connectivity index (χ3n) is 3.21. The van der Waals surface area contributed by atoms with Gasteiger partial charge in [-0.1, -0.05) is 28.1 Å². The molecule has 0 radical (unpaired) electrons. The van der Waals surface area contributed by atoms with Gasteiger partial charge in [0.15, 0.2) is 0 Å². The molecule has 23 heavy (non-hydrogen) atoms. The molecule has 0 aromatic heterocycles. The van der Waals surface area contributed by atoms with Crippen molar-refractivity contribution >= 4 is 21.8 Å². The Morgan fingerprint density at radius 1 is 1.13 bits per heavy atom. The first-order valence-electron chi connectivity index (χ1n) is 6.55. The molecule has 2 nitrogen and oxygen atoms in total. The second-order valence-corrected chi connectivity index (χ2v) is 5.90. The third kappa shape index (κ3) is 4.31. The van der Waals surface area contributed by atoms with E-state index in [1.807, 2.05) is 0 Å². The van der Waals surface area contributed by atoms with Crippen molar-refractivity contribution in [1.82, 2.24) is 4.90 Å². The average molecular weight is 390 g/mol. The Morgan fingerprint density at radius 3 is 2.26 bits per heavy atom. The van der Waals surface area contributed by atoms with Crippen LogP contribution in [0.4, 0.5) is 17.6 Å². The summed E-state index contributed by atoms with van der Waals surface area (Å²) in [6.45, 7) is 0.0759. The van der Waals surface area contributed by atoms with E-state index in [9.17, 15) is 22.4 Å². The molecule has 0 fully saturated rings. The highest BCUT2D eigenvalue weighted by atomic mass is 79.9. The van der Waals surface area contributed by atoms with Crippen molar-refractivity contribution < 1.29 is 22.4 Å². The Morgan fingerprint density at radius 2 is 1.74 bits per heavy atom. The van der Waals surface area contributed by atoms with Crippen LogP contribution in [0.3, 0.4) is 0 Å². The predicted octanol–water partition coefficient (Wildman–Crippen LogP) is 4.88. The zero-order chi connectivity index (χ0) is 17.2. The SMILES string of the molecule is CN(Cc1ccc(C(F)(F)F)cc1)C(=O)c1ccc(Br)cc1F. The van der Waals surface area contributed by atoms with E-state index in [-0.39, 0.29) is 12.1 Å². The van der Waals surface area contributed by atoms with Crippen LogP contribution in [0.5, 0.6) is 0 Å². The van der Waals surface area contributed by atoms with Gasteiger partial charge in [0.2, 0.25) is 0 Å². The number of nitrogens with zero attached hydrogens (tertiary/aromatic N) is 1. The molecule has 0 bridgehead atoms. The molecule has 0 aliphatic carbocycles. The Hall–Kier alpha value is -1.89. The Kier molecular flexibility index (Phi) is 5.09. The van der Waals surface area contributed by atoms with Gasteiger partial charge in [0.05, 0.1) is 11.1 Å². The van der Waals surface area contributed by atoms with Crippen LogP contribution in [0.15, 0.2) is 46.9 Å². The van der Waals surface area contributed by atoms with Crippen molar-refractivity contribution in [2.75, 3.05) is 7.05 Å². The maximum atomic E-state index is 13.8. The molecule has 1 amide bonds. The first-order chi connectivity index (χ1) is 10.7. The summed E-state index contributed by atoms with van der Waals surface area (Å²) in [6, 6.07) is 8.57. The van der Waals surface area contributed by atoms with Crippen LogP contribution in [0.1, 0.15) is 21.5 Å². The quantitative estimate of drug-likeness (QED) is 0.685. The van der Waals surface area contributed by atoms with E-state index in [0.717, 1.165) is 12.1 Å². The molecule has 2 aromatic carbocycles. The Labute approximate surface area is 138 Å². The molecule has 0 saturated carbocycles. The number of benzene rings is 2. The fraction of sp³-hybridized carbons (Fsp3) is 0.188. The molecule has 0 atom stereocenters. The van der Waals surface area contributed by atoms with Crippen molar-refractivity contribution in [3.63, 3.8) is 0 Å². The van der Waals surface area contributed by atoms with E-state index < -0.39 is 23.5 Å². The van der Waals surface area contributed by atoms with E-state index in [4.69, 9.17) is 0 Å². The van der Waals surface area contributed by atoms with Gasteiger partial charge in [0.1, 0.15) is 5.82 Å². The zero-order valence-electron chi connectivity index (χ0n) is 12.0. The van der Waals surface area contributed by atoms with Crippen LogP contribution in [-0.4, -0.2) is 17.9 Å². The molecular weight excluding hydrogens is 378 g/mol. The van der Waals surface area contributed by atoms with Crippen molar-refractivity contribution in [2.45, 2.75) is 12.7 Å². The number of hydrogen-bond acceptors (Lipinski definition) is 1. The topological polar surface area (TPSA) is 20.3 Å². The highest BCUT2D eigenvalue weighted by molar-refractivity contribution is 9.10. The molecule has 0 aliphatic heterocycles. The Bertz CT molecular complexity index is 713. The minimum atomic E-state index is -4.40. The van der Waals surface area contributed by atoms with Gasteiger partial charge in [-0.15, -0.1) is 0 Å². The molecule has 2 aromatic rings. The minimum absolute atomic E-state index is 0.0759. The molecule has 0 heterocycles. The molecule has 2 rings (SSSR count). The maximum Gasteiger partial charge on any atom is 0.416 e. The highest BCUT2D eigenvalue weighted by Crippen LogP contribution is 2.29. The van der Waals surface area contributed by atoms with Gasteiger partial charge in [0.25, 0.3) is 5.91 Å². The van der Waals surface area contributed by atoms with Gasteiger partial charge in [0, 0.05) is 18.1 Å². The second kappa shape index (κ2) is 6.70. The number of amides is 1. The maximum absolute atomic E-state index is 13.8. The standard InChI is InChI=1S/C16H12BrF4NO/c1-22(15(23)13-7-6-12(17)8-14(13)18)9-10-2-4-11(5-3-10)16(19,20)21/h2-8H,9H2,1H3. The fourth-order valence-electron chi connectivity index (χ4n) is 2.01. The molecule has 0 N–H and O–H groups in total. The summed E-state index contributed by atoms with van der Waals surface area (Å²) in [4.78, 5) is 13.4. The molecule has 7 heteroatoms. The van der Waals surface area contributed by atoms with Gasteiger partial charge >= 0.3 is 6.18 Å². The summed E-state index contributed by atoms with van der Waals surface area (Å²) < 4.78 is 51.8. The lowest BCUT2D eigenvalue weighted by molar-refractivity contribution is -0.137. The molecule has 0 saturated heterocycles. The summed E-state index contributed by atoms with van der Waals surface area (Å²) >= 11 is 3.10. The van der Waals surface area contributed by atoms with E-state index in [1.165, 1.54) is 36.2 Å². The van der Waals surface area contributed by atoms with Crippen molar-refractivity contribution in [3.05, 3.63) is 69.4 Å². The van der Waals surface area contributed by atoms with E-state index in [1.54, 1.807) is 6.07 Å². The number of alkyl halides is 3. The summed E-state index contributed by atoms with van der Waals surface area (Å²) in [7, 11) is 1.46. The summed E-state index contributed by atoms with van der Waals surface area (Å²) in [5, 5.41) is 0. The van der Waals surface area contributed by atoms with Gasteiger partial charge in [-0.05, 0) is 35.9 Å². The van der Waals surface area contributed by atoms with Gasteiger partial charge < -0.3 is 4.90 Å². The monoisotopic (exact) mass is 389 g/mol. The largest absolute Gasteiger partial charge is 0.416 e. The smallest absolute Gasteiger partial charge is 0.337 e. The first-order valence-corrected chi connectivity index (χ1v) is 7.34. The number of rotatable bonds is 3.